The highest BCUT2D eigenvalue weighted by atomic mass is 79.9. The average Bonchev–Trinajstić information content (AvgIpc) is 2.26. The van der Waals surface area contributed by atoms with E-state index < -0.39 is 12.2 Å². The Morgan fingerprint density at radius 1 is 1.40 bits per heavy atom. The van der Waals surface area contributed by atoms with E-state index >= 15 is 0 Å². The number of ether oxygens (including phenoxy) is 1. The van der Waals surface area contributed by atoms with Gasteiger partial charge in [0, 0.05) is 9.80 Å². The Labute approximate surface area is 105 Å². The van der Waals surface area contributed by atoms with Gasteiger partial charge in [0.1, 0.15) is 11.9 Å². The quantitative estimate of drug-likeness (QED) is 0.827. The maximum absolute atomic E-state index is 9.78. The van der Waals surface area contributed by atoms with Crippen LogP contribution in [0.25, 0.3) is 0 Å². The minimum Gasteiger partial charge on any atom is -0.497 e. The van der Waals surface area contributed by atoms with E-state index in [0.717, 1.165) is 0 Å². The summed E-state index contributed by atoms with van der Waals surface area (Å²) >= 11 is 6.43. The third kappa shape index (κ3) is 3.17. The van der Waals surface area contributed by atoms with Crippen molar-refractivity contribution >= 4 is 31.9 Å². The number of methoxy groups -OCH3 is 1. The topological polar surface area (TPSA) is 49.7 Å². The molecule has 1 aromatic rings. The number of aliphatic hydroxyl groups is 2. The molecule has 1 rings (SSSR count). The second-order valence-corrected chi connectivity index (χ2v) is 4.56. The monoisotopic (exact) mass is 338 g/mol. The van der Waals surface area contributed by atoms with E-state index in [0.29, 0.717) is 21.1 Å². The molecular formula is C10H12Br2O3. The van der Waals surface area contributed by atoms with Crippen molar-refractivity contribution in [2.75, 3.05) is 12.4 Å². The lowest BCUT2D eigenvalue weighted by molar-refractivity contribution is 0.0338. The Morgan fingerprint density at radius 3 is 2.53 bits per heavy atom. The van der Waals surface area contributed by atoms with E-state index in [1.165, 1.54) is 0 Å². The summed E-state index contributed by atoms with van der Waals surface area (Å²) in [4.78, 5) is 0. The Hall–Kier alpha value is -0.100. The van der Waals surface area contributed by atoms with Crippen molar-refractivity contribution in [1.82, 2.24) is 0 Å². The van der Waals surface area contributed by atoms with Gasteiger partial charge < -0.3 is 14.9 Å². The number of rotatable bonds is 4. The molecule has 5 heteroatoms. The third-order valence-corrected chi connectivity index (χ3v) is 3.40. The van der Waals surface area contributed by atoms with Gasteiger partial charge in [0.05, 0.1) is 13.2 Å². The summed E-state index contributed by atoms with van der Waals surface area (Å²) < 4.78 is 5.75. The van der Waals surface area contributed by atoms with Crippen LogP contribution in [-0.4, -0.2) is 28.8 Å². The molecule has 1 aromatic carbocycles. The van der Waals surface area contributed by atoms with Crippen LogP contribution >= 0.6 is 31.9 Å². The summed E-state index contributed by atoms with van der Waals surface area (Å²) in [7, 11) is 1.57. The minimum atomic E-state index is -0.912. The number of hydrogen-bond acceptors (Lipinski definition) is 3. The van der Waals surface area contributed by atoms with E-state index in [4.69, 9.17) is 4.74 Å². The predicted molar refractivity (Wildman–Crippen MR) is 65.5 cm³/mol. The molecule has 0 saturated heterocycles. The van der Waals surface area contributed by atoms with Gasteiger partial charge >= 0.3 is 0 Å². The summed E-state index contributed by atoms with van der Waals surface area (Å²) in [5.74, 6) is 0.700. The van der Waals surface area contributed by atoms with Crippen LogP contribution in [-0.2, 0) is 0 Å². The zero-order valence-corrected chi connectivity index (χ0v) is 11.3. The molecule has 0 fully saturated rings. The van der Waals surface area contributed by atoms with E-state index in [-0.39, 0.29) is 0 Å². The Bertz CT molecular complexity index is 330. The zero-order chi connectivity index (χ0) is 11.4. The fraction of sp³-hybridized carbons (Fsp3) is 0.400. The van der Waals surface area contributed by atoms with Crippen LogP contribution < -0.4 is 4.74 Å². The molecule has 0 aliphatic carbocycles. The number of alkyl halides is 1. The molecule has 0 saturated carbocycles. The second-order valence-electron chi connectivity index (χ2n) is 3.05. The smallest absolute Gasteiger partial charge is 0.120 e. The third-order valence-electron chi connectivity index (χ3n) is 2.05. The normalized spacial score (nSPS) is 14.7. The maximum Gasteiger partial charge on any atom is 0.120 e. The van der Waals surface area contributed by atoms with Gasteiger partial charge in [-0.15, -0.1) is 0 Å². The molecule has 15 heavy (non-hydrogen) atoms. The van der Waals surface area contributed by atoms with Crippen LogP contribution in [0.15, 0.2) is 22.7 Å². The van der Waals surface area contributed by atoms with Crippen LogP contribution in [0.4, 0.5) is 0 Å². The Kier molecular flexibility index (Phi) is 5.05. The molecule has 0 bridgehead atoms. The highest BCUT2D eigenvalue weighted by Crippen LogP contribution is 2.29. The molecule has 0 spiro atoms. The largest absolute Gasteiger partial charge is 0.497 e. The van der Waals surface area contributed by atoms with Crippen LogP contribution in [0.2, 0.25) is 0 Å². The summed E-state index contributed by atoms with van der Waals surface area (Å²) in [6.07, 6.45) is -1.74. The molecular weight excluding hydrogens is 328 g/mol. The van der Waals surface area contributed by atoms with Crippen LogP contribution in [0.1, 0.15) is 11.7 Å². The van der Waals surface area contributed by atoms with Gasteiger partial charge in [-0.3, -0.25) is 0 Å². The van der Waals surface area contributed by atoms with Gasteiger partial charge in [0.2, 0.25) is 0 Å². The first-order valence-electron chi connectivity index (χ1n) is 4.35. The van der Waals surface area contributed by atoms with Gasteiger partial charge in [-0.2, -0.15) is 0 Å². The first kappa shape index (κ1) is 13.0. The maximum atomic E-state index is 9.78. The van der Waals surface area contributed by atoms with Crippen molar-refractivity contribution in [2.24, 2.45) is 0 Å². The van der Waals surface area contributed by atoms with Gasteiger partial charge in [0.15, 0.2) is 0 Å². The number of benzene rings is 1. The standard InChI is InChI=1S/C10H12Br2O3/c1-15-6-2-3-7(8(12)4-6)10(14)9(13)5-11/h2-4,9-10,13-14H,5H2,1H3. The molecule has 84 valence electrons. The summed E-state index contributed by atoms with van der Waals surface area (Å²) in [5, 5.41) is 19.6. The molecule has 0 aliphatic rings. The minimum absolute atomic E-state index is 0.326. The number of hydrogen-bond donors (Lipinski definition) is 2. The molecule has 0 amide bonds. The number of aliphatic hydroxyl groups excluding tert-OH is 2. The van der Waals surface area contributed by atoms with E-state index in [1.54, 1.807) is 25.3 Å². The molecule has 2 atom stereocenters. The Morgan fingerprint density at radius 2 is 2.07 bits per heavy atom. The molecule has 3 nitrogen and oxygen atoms in total. The van der Waals surface area contributed by atoms with Gasteiger partial charge in [0.25, 0.3) is 0 Å². The molecule has 0 aromatic heterocycles. The van der Waals surface area contributed by atoms with Crippen molar-refractivity contribution < 1.29 is 14.9 Å². The van der Waals surface area contributed by atoms with Crippen molar-refractivity contribution in [3.8, 4) is 5.75 Å². The van der Waals surface area contributed by atoms with E-state index in [9.17, 15) is 10.2 Å². The predicted octanol–water partition coefficient (Wildman–Crippen LogP) is 2.25. The number of halogens is 2. The molecule has 0 aliphatic heterocycles. The SMILES string of the molecule is COc1ccc(C(O)C(O)CBr)c(Br)c1. The highest BCUT2D eigenvalue weighted by molar-refractivity contribution is 9.10. The van der Waals surface area contributed by atoms with Crippen LogP contribution in [0.5, 0.6) is 5.75 Å². The van der Waals surface area contributed by atoms with E-state index in [2.05, 4.69) is 31.9 Å². The van der Waals surface area contributed by atoms with Crippen molar-refractivity contribution in [3.63, 3.8) is 0 Å². The fourth-order valence-electron chi connectivity index (χ4n) is 1.17. The lowest BCUT2D eigenvalue weighted by Gasteiger charge is -2.17. The fourth-order valence-corrected chi connectivity index (χ4v) is 2.11. The first-order chi connectivity index (χ1) is 7.10. The summed E-state index contributed by atoms with van der Waals surface area (Å²) in [5.41, 5.74) is 0.641. The van der Waals surface area contributed by atoms with E-state index in [1.807, 2.05) is 0 Å². The van der Waals surface area contributed by atoms with Crippen molar-refractivity contribution in [3.05, 3.63) is 28.2 Å². The second kappa shape index (κ2) is 5.84. The molecule has 2 unspecified atom stereocenters. The van der Waals surface area contributed by atoms with Gasteiger partial charge in [-0.25, -0.2) is 0 Å². The molecule has 0 radical (unpaired) electrons. The van der Waals surface area contributed by atoms with Crippen molar-refractivity contribution in [1.29, 1.82) is 0 Å². The van der Waals surface area contributed by atoms with Crippen molar-refractivity contribution in [2.45, 2.75) is 12.2 Å². The van der Waals surface area contributed by atoms with Crippen LogP contribution in [0.3, 0.4) is 0 Å². The lowest BCUT2D eigenvalue weighted by atomic mass is 10.1. The molecule has 0 heterocycles. The lowest BCUT2D eigenvalue weighted by Crippen LogP contribution is -2.19. The summed E-state index contributed by atoms with van der Waals surface area (Å²) in [6.45, 7) is 0. The Balaban J connectivity index is 2.95. The zero-order valence-electron chi connectivity index (χ0n) is 8.15. The highest BCUT2D eigenvalue weighted by Gasteiger charge is 2.19. The average molecular weight is 340 g/mol. The van der Waals surface area contributed by atoms with Gasteiger partial charge in [-0.05, 0) is 17.7 Å². The van der Waals surface area contributed by atoms with Crippen LogP contribution in [0, 0.1) is 0 Å². The molecule has 2 N–H and O–H groups in total. The summed E-state index contributed by atoms with van der Waals surface area (Å²) in [6, 6.07) is 5.21. The first-order valence-corrected chi connectivity index (χ1v) is 6.27. The van der Waals surface area contributed by atoms with Gasteiger partial charge in [-0.1, -0.05) is 37.9 Å².